The quantitative estimate of drug-likeness (QED) is 0.519. The largest absolute Gasteiger partial charge is 0.465 e. The monoisotopic (exact) mass is 328 g/mol. The van der Waals surface area contributed by atoms with Gasteiger partial charge in [-0.3, -0.25) is 0 Å². The molecule has 1 aliphatic carbocycles. The Balaban J connectivity index is 1.96. The van der Waals surface area contributed by atoms with E-state index in [2.05, 4.69) is 4.99 Å². The number of aliphatic imine (C=N–C) groups is 1. The fourth-order valence-corrected chi connectivity index (χ4v) is 3.74. The van der Waals surface area contributed by atoms with Gasteiger partial charge in [0.2, 0.25) is 0 Å². The first-order chi connectivity index (χ1) is 11.2. The smallest absolute Gasteiger partial charge is 0.338 e. The van der Waals surface area contributed by atoms with Gasteiger partial charge >= 0.3 is 5.97 Å². The Hall–Kier alpha value is -2.14. The van der Waals surface area contributed by atoms with Gasteiger partial charge in [-0.25, -0.2) is 9.79 Å². The Labute approximate surface area is 140 Å². The summed E-state index contributed by atoms with van der Waals surface area (Å²) in [4.78, 5) is 17.5. The van der Waals surface area contributed by atoms with Crippen molar-refractivity contribution in [2.24, 2.45) is 10.7 Å². The van der Waals surface area contributed by atoms with Gasteiger partial charge in [0.25, 0.3) is 0 Å². The highest BCUT2D eigenvalue weighted by atomic mass is 32.1. The van der Waals surface area contributed by atoms with Gasteiger partial charge in [0.1, 0.15) is 5.84 Å². The summed E-state index contributed by atoms with van der Waals surface area (Å²) in [7, 11) is 1.41. The van der Waals surface area contributed by atoms with E-state index in [0.29, 0.717) is 23.0 Å². The number of esters is 1. The lowest BCUT2D eigenvalue weighted by Gasteiger charge is -2.14. The molecule has 1 aromatic carbocycles. The molecule has 0 spiro atoms. The summed E-state index contributed by atoms with van der Waals surface area (Å²) in [6.45, 7) is 0. The minimum absolute atomic E-state index is 0.307. The van der Waals surface area contributed by atoms with Crippen molar-refractivity contribution in [1.29, 1.82) is 0 Å². The maximum Gasteiger partial charge on any atom is 0.338 e. The number of amidine groups is 1. The molecule has 1 aliphatic rings. The Kier molecular flexibility index (Phi) is 4.76. The summed E-state index contributed by atoms with van der Waals surface area (Å²) in [5.74, 6) is 0.597. The van der Waals surface area contributed by atoms with Crippen LogP contribution in [-0.4, -0.2) is 18.9 Å². The van der Waals surface area contributed by atoms with E-state index < -0.39 is 0 Å². The van der Waals surface area contributed by atoms with E-state index in [9.17, 15) is 4.79 Å². The summed E-state index contributed by atoms with van der Waals surface area (Å²) in [6.07, 6.45) is 4.70. The van der Waals surface area contributed by atoms with Crippen LogP contribution >= 0.6 is 11.3 Å². The molecule has 23 heavy (non-hydrogen) atoms. The summed E-state index contributed by atoms with van der Waals surface area (Å²) in [5, 5.41) is 1.96. The van der Waals surface area contributed by atoms with E-state index >= 15 is 0 Å². The van der Waals surface area contributed by atoms with E-state index in [1.807, 2.05) is 29.6 Å². The highest BCUT2D eigenvalue weighted by Crippen LogP contribution is 2.37. The normalized spacial score (nSPS) is 15.8. The number of rotatable bonds is 4. The van der Waals surface area contributed by atoms with E-state index in [0.717, 1.165) is 23.3 Å². The van der Waals surface area contributed by atoms with E-state index in [1.54, 1.807) is 17.4 Å². The fourth-order valence-electron chi connectivity index (χ4n) is 3.11. The number of benzene rings is 1. The lowest BCUT2D eigenvalue weighted by Crippen LogP contribution is -2.11. The molecular weight excluding hydrogens is 308 g/mol. The number of ether oxygens (including phenoxy) is 1. The first kappa shape index (κ1) is 15.7. The topological polar surface area (TPSA) is 64.7 Å². The molecule has 0 saturated heterocycles. The number of carbonyl (C=O) groups is 1. The lowest BCUT2D eigenvalue weighted by molar-refractivity contribution is 0.0599. The SMILES string of the molecule is COC(=O)c1cc(N=C(N)c2cccs2)ccc1C1CCCC1. The highest BCUT2D eigenvalue weighted by Gasteiger charge is 2.23. The third-order valence-electron chi connectivity index (χ3n) is 4.26. The molecule has 1 aromatic heterocycles. The molecule has 4 nitrogen and oxygen atoms in total. The first-order valence-corrected chi connectivity index (χ1v) is 8.67. The Morgan fingerprint density at radius 1 is 1.30 bits per heavy atom. The number of nitrogens with two attached hydrogens (primary N) is 1. The molecule has 2 aromatic rings. The molecule has 0 unspecified atom stereocenters. The number of carbonyl (C=O) groups excluding carboxylic acids is 1. The molecule has 1 fully saturated rings. The average Bonchev–Trinajstić information content (AvgIpc) is 3.27. The van der Waals surface area contributed by atoms with Gasteiger partial charge in [-0.15, -0.1) is 11.3 Å². The molecule has 3 rings (SSSR count). The van der Waals surface area contributed by atoms with Gasteiger partial charge in [0.05, 0.1) is 23.2 Å². The summed E-state index contributed by atoms with van der Waals surface area (Å²) >= 11 is 1.54. The highest BCUT2D eigenvalue weighted by molar-refractivity contribution is 7.12. The Morgan fingerprint density at radius 3 is 2.74 bits per heavy atom. The second-order valence-electron chi connectivity index (χ2n) is 5.72. The van der Waals surface area contributed by atoms with Crippen LogP contribution in [-0.2, 0) is 4.74 Å². The van der Waals surface area contributed by atoms with Gasteiger partial charge in [-0.05, 0) is 47.9 Å². The van der Waals surface area contributed by atoms with E-state index in [4.69, 9.17) is 10.5 Å². The van der Waals surface area contributed by atoms with Gasteiger partial charge < -0.3 is 10.5 Å². The zero-order valence-electron chi connectivity index (χ0n) is 13.1. The Morgan fingerprint density at radius 2 is 2.09 bits per heavy atom. The van der Waals surface area contributed by atoms with Crippen molar-refractivity contribution in [3.05, 3.63) is 51.7 Å². The van der Waals surface area contributed by atoms with Gasteiger partial charge in [0.15, 0.2) is 0 Å². The maximum atomic E-state index is 12.2. The van der Waals surface area contributed by atoms with Crippen LogP contribution in [0.3, 0.4) is 0 Å². The molecule has 0 aliphatic heterocycles. The zero-order chi connectivity index (χ0) is 16.2. The van der Waals surface area contributed by atoms with Crippen molar-refractivity contribution in [3.63, 3.8) is 0 Å². The number of thiophene rings is 1. The van der Waals surface area contributed by atoms with Crippen LogP contribution in [0.4, 0.5) is 5.69 Å². The van der Waals surface area contributed by atoms with Crippen LogP contribution in [0.15, 0.2) is 40.7 Å². The maximum absolute atomic E-state index is 12.2. The van der Waals surface area contributed by atoms with E-state index in [-0.39, 0.29) is 5.97 Å². The van der Waals surface area contributed by atoms with Crippen molar-refractivity contribution in [3.8, 4) is 0 Å². The van der Waals surface area contributed by atoms with Crippen molar-refractivity contribution in [2.45, 2.75) is 31.6 Å². The van der Waals surface area contributed by atoms with Gasteiger partial charge in [-0.2, -0.15) is 0 Å². The lowest BCUT2D eigenvalue weighted by atomic mass is 9.92. The molecule has 2 N–H and O–H groups in total. The summed E-state index contributed by atoms with van der Waals surface area (Å²) < 4.78 is 4.95. The van der Waals surface area contributed by atoms with Gasteiger partial charge in [-0.1, -0.05) is 25.0 Å². The minimum Gasteiger partial charge on any atom is -0.465 e. The molecular formula is C18H20N2O2S. The second-order valence-corrected chi connectivity index (χ2v) is 6.67. The number of hydrogen-bond donors (Lipinski definition) is 1. The first-order valence-electron chi connectivity index (χ1n) is 7.79. The third kappa shape index (κ3) is 3.45. The van der Waals surface area contributed by atoms with Crippen molar-refractivity contribution < 1.29 is 9.53 Å². The molecule has 0 amide bonds. The molecule has 0 radical (unpaired) electrons. The molecule has 0 atom stereocenters. The number of hydrogen-bond acceptors (Lipinski definition) is 4. The number of methoxy groups -OCH3 is 1. The van der Waals surface area contributed by atoms with Crippen LogP contribution in [0.1, 0.15) is 52.4 Å². The van der Waals surface area contributed by atoms with Crippen LogP contribution in [0.2, 0.25) is 0 Å². The second kappa shape index (κ2) is 6.96. The molecule has 0 bridgehead atoms. The Bertz CT molecular complexity index is 717. The van der Waals surface area contributed by atoms with Crippen molar-refractivity contribution in [1.82, 2.24) is 0 Å². The standard InChI is InChI=1S/C18H20N2O2S/c1-22-18(21)15-11-13(20-17(19)16-7-4-10-23-16)8-9-14(15)12-5-2-3-6-12/h4,7-12H,2-3,5-6H2,1H3,(H2,19,20). The van der Waals surface area contributed by atoms with Crippen molar-refractivity contribution >= 4 is 28.8 Å². The molecule has 1 saturated carbocycles. The fraction of sp³-hybridized carbons (Fsp3) is 0.333. The predicted molar refractivity (Wildman–Crippen MR) is 93.7 cm³/mol. The van der Waals surface area contributed by atoms with Crippen LogP contribution in [0.5, 0.6) is 0 Å². The third-order valence-corrected chi connectivity index (χ3v) is 5.15. The average molecular weight is 328 g/mol. The van der Waals surface area contributed by atoms with Crippen LogP contribution < -0.4 is 5.73 Å². The van der Waals surface area contributed by atoms with Crippen molar-refractivity contribution in [2.75, 3.05) is 7.11 Å². The minimum atomic E-state index is -0.307. The van der Waals surface area contributed by atoms with Crippen LogP contribution in [0.25, 0.3) is 0 Å². The molecule has 5 heteroatoms. The van der Waals surface area contributed by atoms with Gasteiger partial charge in [0, 0.05) is 0 Å². The predicted octanol–water partition coefficient (Wildman–Crippen LogP) is 4.23. The van der Waals surface area contributed by atoms with Crippen LogP contribution in [0, 0.1) is 0 Å². The van der Waals surface area contributed by atoms with E-state index in [1.165, 1.54) is 20.0 Å². The number of nitrogens with zero attached hydrogens (tertiary/aromatic N) is 1. The summed E-state index contributed by atoms with van der Waals surface area (Å²) in [5.41, 5.74) is 8.40. The zero-order valence-corrected chi connectivity index (χ0v) is 13.9. The molecule has 1 heterocycles. The molecule has 120 valence electrons. The summed E-state index contributed by atoms with van der Waals surface area (Å²) in [6, 6.07) is 9.59.